The molecule has 104 valence electrons. The Hall–Kier alpha value is -0.470. The second-order valence-corrected chi connectivity index (χ2v) is 7.12. The number of rotatable bonds is 5. The molecule has 1 aliphatic carbocycles. The number of hydrogen-bond donors (Lipinski definition) is 0. The number of thioether (sulfide) groups is 1. The average Bonchev–Trinajstić information content (AvgIpc) is 3.10. The van der Waals surface area contributed by atoms with E-state index in [1.165, 1.54) is 62.3 Å². The molecular formula is C17H25NS. The van der Waals surface area contributed by atoms with Crippen molar-refractivity contribution in [2.45, 2.75) is 49.5 Å². The molecule has 2 fully saturated rings. The van der Waals surface area contributed by atoms with Gasteiger partial charge in [-0.2, -0.15) is 0 Å². The van der Waals surface area contributed by atoms with Gasteiger partial charge >= 0.3 is 0 Å². The predicted molar refractivity (Wildman–Crippen MR) is 83.7 cm³/mol. The minimum Gasteiger partial charge on any atom is -0.299 e. The summed E-state index contributed by atoms with van der Waals surface area (Å²) in [5.74, 6) is 2.26. The van der Waals surface area contributed by atoms with Crippen molar-refractivity contribution in [3.05, 3.63) is 30.3 Å². The lowest BCUT2D eigenvalue weighted by Gasteiger charge is -2.29. The van der Waals surface area contributed by atoms with Gasteiger partial charge in [0, 0.05) is 23.2 Å². The van der Waals surface area contributed by atoms with Crippen molar-refractivity contribution in [2.24, 2.45) is 5.92 Å². The van der Waals surface area contributed by atoms with Gasteiger partial charge in [-0.1, -0.05) is 31.0 Å². The Labute approximate surface area is 121 Å². The molecule has 0 N–H and O–H groups in total. The molecule has 0 amide bonds. The lowest BCUT2D eigenvalue weighted by molar-refractivity contribution is 0.201. The molecule has 1 saturated carbocycles. The number of likely N-dealkylation sites (tertiary alicyclic amines) is 1. The molecule has 1 unspecified atom stereocenters. The number of hydrogen-bond acceptors (Lipinski definition) is 2. The van der Waals surface area contributed by atoms with Gasteiger partial charge in [-0.3, -0.25) is 4.90 Å². The van der Waals surface area contributed by atoms with Crippen molar-refractivity contribution in [2.75, 3.05) is 18.8 Å². The maximum atomic E-state index is 2.78. The Kier molecular flexibility index (Phi) is 4.84. The number of nitrogens with zero attached hydrogens (tertiary/aromatic N) is 1. The second kappa shape index (κ2) is 6.81. The SMILES string of the molecule is c1ccc(SCCN2CCCC2C2CCCC2)cc1. The van der Waals surface area contributed by atoms with Gasteiger partial charge in [-0.05, 0) is 50.3 Å². The summed E-state index contributed by atoms with van der Waals surface area (Å²) in [4.78, 5) is 4.20. The molecule has 1 aromatic rings. The third-order valence-corrected chi connectivity index (χ3v) is 5.74. The highest BCUT2D eigenvalue weighted by Gasteiger charge is 2.32. The lowest BCUT2D eigenvalue weighted by Crippen LogP contribution is -2.36. The molecule has 0 radical (unpaired) electrons. The first kappa shape index (κ1) is 13.5. The lowest BCUT2D eigenvalue weighted by atomic mass is 9.96. The Morgan fingerprint density at radius 1 is 1.00 bits per heavy atom. The van der Waals surface area contributed by atoms with E-state index in [4.69, 9.17) is 0 Å². The van der Waals surface area contributed by atoms with E-state index >= 15 is 0 Å². The predicted octanol–water partition coefficient (Wildman–Crippen LogP) is 4.43. The zero-order valence-corrected chi connectivity index (χ0v) is 12.6. The fraction of sp³-hybridized carbons (Fsp3) is 0.647. The summed E-state index contributed by atoms with van der Waals surface area (Å²) in [5.41, 5.74) is 0. The first-order valence-corrected chi connectivity index (χ1v) is 8.84. The normalized spacial score (nSPS) is 25.2. The van der Waals surface area contributed by atoms with Gasteiger partial charge in [0.1, 0.15) is 0 Å². The van der Waals surface area contributed by atoms with Crippen molar-refractivity contribution in [3.8, 4) is 0 Å². The summed E-state index contributed by atoms with van der Waals surface area (Å²) in [6.07, 6.45) is 8.83. The van der Waals surface area contributed by atoms with Crippen LogP contribution in [0.3, 0.4) is 0 Å². The zero-order valence-electron chi connectivity index (χ0n) is 11.8. The molecule has 0 spiro atoms. The summed E-state index contributed by atoms with van der Waals surface area (Å²) in [6, 6.07) is 11.7. The third kappa shape index (κ3) is 3.55. The molecule has 1 aromatic carbocycles. The largest absolute Gasteiger partial charge is 0.299 e. The van der Waals surface area contributed by atoms with Gasteiger partial charge < -0.3 is 0 Å². The van der Waals surface area contributed by atoms with Crippen LogP contribution in [0.2, 0.25) is 0 Å². The highest BCUT2D eigenvalue weighted by molar-refractivity contribution is 7.99. The molecule has 1 aliphatic heterocycles. The van der Waals surface area contributed by atoms with E-state index < -0.39 is 0 Å². The smallest absolute Gasteiger partial charge is 0.0124 e. The van der Waals surface area contributed by atoms with Crippen LogP contribution < -0.4 is 0 Å². The topological polar surface area (TPSA) is 3.24 Å². The van der Waals surface area contributed by atoms with E-state index in [2.05, 4.69) is 35.2 Å². The van der Waals surface area contributed by atoms with Crippen LogP contribution in [0.1, 0.15) is 38.5 Å². The Bertz CT molecular complexity index is 372. The van der Waals surface area contributed by atoms with Gasteiger partial charge in [0.05, 0.1) is 0 Å². The maximum Gasteiger partial charge on any atom is 0.0124 e. The Morgan fingerprint density at radius 2 is 1.79 bits per heavy atom. The fourth-order valence-electron chi connectivity index (χ4n) is 3.80. The molecule has 0 aromatic heterocycles. The van der Waals surface area contributed by atoms with Crippen LogP contribution in [0.25, 0.3) is 0 Å². The van der Waals surface area contributed by atoms with Crippen LogP contribution in [-0.2, 0) is 0 Å². The molecular weight excluding hydrogens is 250 g/mol. The van der Waals surface area contributed by atoms with Crippen LogP contribution >= 0.6 is 11.8 Å². The molecule has 1 nitrogen and oxygen atoms in total. The van der Waals surface area contributed by atoms with Crippen molar-refractivity contribution in [3.63, 3.8) is 0 Å². The van der Waals surface area contributed by atoms with E-state index in [0.29, 0.717) is 0 Å². The van der Waals surface area contributed by atoms with E-state index in [-0.39, 0.29) is 0 Å². The highest BCUT2D eigenvalue weighted by atomic mass is 32.2. The van der Waals surface area contributed by atoms with Crippen LogP contribution in [-0.4, -0.2) is 29.8 Å². The molecule has 1 atom stereocenters. The van der Waals surface area contributed by atoms with Gasteiger partial charge in [0.25, 0.3) is 0 Å². The van der Waals surface area contributed by atoms with Crippen molar-refractivity contribution < 1.29 is 0 Å². The fourth-order valence-corrected chi connectivity index (χ4v) is 4.71. The van der Waals surface area contributed by atoms with Crippen molar-refractivity contribution in [1.29, 1.82) is 0 Å². The van der Waals surface area contributed by atoms with Crippen LogP contribution in [0, 0.1) is 5.92 Å². The Balaban J connectivity index is 1.46. The number of benzene rings is 1. The van der Waals surface area contributed by atoms with Gasteiger partial charge in [0.2, 0.25) is 0 Å². The summed E-state index contributed by atoms with van der Waals surface area (Å²) in [6.45, 7) is 2.62. The zero-order chi connectivity index (χ0) is 12.9. The van der Waals surface area contributed by atoms with Crippen LogP contribution in [0.4, 0.5) is 0 Å². The third-order valence-electron chi connectivity index (χ3n) is 4.75. The highest BCUT2D eigenvalue weighted by Crippen LogP contribution is 2.35. The Morgan fingerprint density at radius 3 is 2.58 bits per heavy atom. The summed E-state index contributed by atoms with van der Waals surface area (Å²) >= 11 is 2.01. The quantitative estimate of drug-likeness (QED) is 0.731. The second-order valence-electron chi connectivity index (χ2n) is 5.95. The van der Waals surface area contributed by atoms with E-state index in [0.717, 1.165) is 12.0 Å². The molecule has 19 heavy (non-hydrogen) atoms. The van der Waals surface area contributed by atoms with Crippen LogP contribution in [0.15, 0.2) is 35.2 Å². The minimum atomic E-state index is 0.916. The summed E-state index contributed by atoms with van der Waals surface area (Å²) in [5, 5.41) is 0. The molecule has 2 heteroatoms. The maximum absolute atomic E-state index is 2.78. The van der Waals surface area contributed by atoms with Gasteiger partial charge in [0.15, 0.2) is 0 Å². The summed E-state index contributed by atoms with van der Waals surface area (Å²) in [7, 11) is 0. The first-order valence-electron chi connectivity index (χ1n) is 7.85. The standard InChI is InChI=1S/C17H25NS/c1-2-9-16(10-3-1)19-14-13-18-12-6-11-17(18)15-7-4-5-8-15/h1-3,9-10,15,17H,4-8,11-14H2. The monoisotopic (exact) mass is 275 g/mol. The van der Waals surface area contributed by atoms with Crippen LogP contribution in [0.5, 0.6) is 0 Å². The minimum absolute atomic E-state index is 0.916. The summed E-state index contributed by atoms with van der Waals surface area (Å²) < 4.78 is 0. The first-order chi connectivity index (χ1) is 9.43. The molecule has 1 heterocycles. The van der Waals surface area contributed by atoms with Gasteiger partial charge in [-0.15, -0.1) is 11.8 Å². The molecule has 0 bridgehead atoms. The molecule has 3 rings (SSSR count). The van der Waals surface area contributed by atoms with E-state index in [9.17, 15) is 0 Å². The van der Waals surface area contributed by atoms with Crippen molar-refractivity contribution >= 4 is 11.8 Å². The van der Waals surface area contributed by atoms with Gasteiger partial charge in [-0.25, -0.2) is 0 Å². The van der Waals surface area contributed by atoms with E-state index in [1.54, 1.807) is 0 Å². The molecule has 2 aliphatic rings. The van der Waals surface area contributed by atoms with Crippen molar-refractivity contribution in [1.82, 2.24) is 4.90 Å². The van der Waals surface area contributed by atoms with E-state index in [1.807, 2.05) is 11.8 Å². The average molecular weight is 275 g/mol. The molecule has 1 saturated heterocycles.